The zero-order valence-corrected chi connectivity index (χ0v) is 20.8. The molecule has 1 aliphatic carbocycles. The van der Waals surface area contributed by atoms with Crippen molar-refractivity contribution < 1.29 is 4.74 Å². The van der Waals surface area contributed by atoms with E-state index in [4.69, 9.17) is 4.74 Å². The molecule has 2 saturated heterocycles. The molecule has 1 N–H and O–H groups in total. The molecule has 3 aromatic carbocycles. The monoisotopic (exact) mass is 454 g/mol. The molecule has 0 spiro atoms. The first-order chi connectivity index (χ1) is 16.7. The molecule has 6 rings (SSSR count). The third-order valence-electron chi connectivity index (χ3n) is 7.93. The summed E-state index contributed by atoms with van der Waals surface area (Å²) < 4.78 is 5.74. The Labute approximate surface area is 205 Å². The van der Waals surface area contributed by atoms with E-state index in [1.165, 1.54) is 47.9 Å². The highest BCUT2D eigenvalue weighted by Crippen LogP contribution is 2.45. The first-order valence-corrected chi connectivity index (χ1v) is 12.9. The van der Waals surface area contributed by atoms with Gasteiger partial charge in [-0.1, -0.05) is 86.6 Å². The van der Waals surface area contributed by atoms with E-state index in [-0.39, 0.29) is 6.04 Å². The molecule has 34 heavy (non-hydrogen) atoms. The molecule has 178 valence electrons. The Balaban J connectivity index is 1.48. The third-order valence-corrected chi connectivity index (χ3v) is 7.93. The van der Waals surface area contributed by atoms with E-state index in [1.54, 1.807) is 7.11 Å². The fraction of sp³-hybridized carbons (Fsp3) is 0.419. The number of piperidine rings is 2. The van der Waals surface area contributed by atoms with Crippen LogP contribution in [0.5, 0.6) is 5.75 Å². The Morgan fingerprint density at radius 2 is 1.44 bits per heavy atom. The van der Waals surface area contributed by atoms with Crippen molar-refractivity contribution in [3.63, 3.8) is 0 Å². The third kappa shape index (κ3) is 4.64. The molecule has 3 aliphatic rings. The van der Waals surface area contributed by atoms with Gasteiger partial charge < -0.3 is 4.74 Å². The van der Waals surface area contributed by atoms with Gasteiger partial charge >= 0.3 is 0 Å². The maximum atomic E-state index is 5.74. The highest BCUT2D eigenvalue weighted by molar-refractivity contribution is 5.38. The average molecular weight is 455 g/mol. The van der Waals surface area contributed by atoms with Crippen LogP contribution in [0.1, 0.15) is 73.7 Å². The highest BCUT2D eigenvalue weighted by Gasteiger charge is 2.45. The summed E-state index contributed by atoms with van der Waals surface area (Å²) in [7, 11) is 1.78. The van der Waals surface area contributed by atoms with Crippen molar-refractivity contribution in [3.05, 3.63) is 101 Å². The molecule has 2 heterocycles. The number of benzene rings is 3. The minimum atomic E-state index is 0.261. The second-order valence-electron chi connectivity index (χ2n) is 10.3. The van der Waals surface area contributed by atoms with Crippen molar-refractivity contribution in [2.45, 2.75) is 70.2 Å². The molecule has 0 amide bonds. The molecule has 1 unspecified atom stereocenters. The Morgan fingerprint density at radius 1 is 0.824 bits per heavy atom. The van der Waals surface area contributed by atoms with E-state index in [0.29, 0.717) is 24.0 Å². The Hall–Kier alpha value is -2.62. The van der Waals surface area contributed by atoms with Gasteiger partial charge in [0.15, 0.2) is 0 Å². The maximum Gasteiger partial charge on any atom is 0.123 e. The van der Waals surface area contributed by atoms with E-state index in [0.717, 1.165) is 12.3 Å². The van der Waals surface area contributed by atoms with Crippen LogP contribution in [0.15, 0.2) is 78.9 Å². The first-order valence-electron chi connectivity index (χ1n) is 12.9. The van der Waals surface area contributed by atoms with Crippen LogP contribution in [0.25, 0.3) is 0 Å². The summed E-state index contributed by atoms with van der Waals surface area (Å²) in [5, 5.41) is 4.03. The molecule has 0 radical (unpaired) electrons. The van der Waals surface area contributed by atoms with Crippen molar-refractivity contribution >= 4 is 0 Å². The molecule has 1 saturated carbocycles. The summed E-state index contributed by atoms with van der Waals surface area (Å²) >= 11 is 0. The van der Waals surface area contributed by atoms with E-state index in [2.05, 4.69) is 103 Å². The molecule has 3 nitrogen and oxygen atoms in total. The van der Waals surface area contributed by atoms with Crippen molar-refractivity contribution in [2.24, 2.45) is 5.92 Å². The zero-order valence-electron chi connectivity index (χ0n) is 20.8. The molecular weight excluding hydrogens is 416 g/mol. The highest BCUT2D eigenvalue weighted by atomic mass is 16.5. The summed E-state index contributed by atoms with van der Waals surface area (Å²) in [6.07, 6.45) is 5.58. The molecule has 0 aromatic heterocycles. The number of nitrogens with zero attached hydrogens (tertiary/aromatic N) is 1. The lowest BCUT2D eigenvalue weighted by Gasteiger charge is -2.55. The Bertz CT molecular complexity index is 1020. The van der Waals surface area contributed by atoms with Crippen LogP contribution in [-0.4, -0.2) is 24.2 Å². The number of nitrogens with one attached hydrogen (secondary N) is 1. The van der Waals surface area contributed by atoms with E-state index < -0.39 is 0 Å². The van der Waals surface area contributed by atoms with Crippen LogP contribution in [0.3, 0.4) is 0 Å². The average Bonchev–Trinajstić information content (AvgIpc) is 2.89. The Kier molecular flexibility index (Phi) is 7.03. The summed E-state index contributed by atoms with van der Waals surface area (Å²) in [5.41, 5.74) is 5.39. The predicted molar refractivity (Wildman–Crippen MR) is 140 cm³/mol. The standard InChI is InChI=1S/C31H38N2O/c1-22(2)26-16-19-29(34-3)27(20-26)21-32-31-25-14-17-28(18-15-25)33(31)30(23-10-6-4-7-11-23)24-12-8-5-9-13-24/h4-13,16,19-20,22,25,28,30-32H,14-15,17-18,21H2,1-3H3. The summed E-state index contributed by atoms with van der Waals surface area (Å²) in [4.78, 5) is 2.81. The summed E-state index contributed by atoms with van der Waals surface area (Å²) in [6, 6.07) is 29.7. The first kappa shape index (κ1) is 23.1. The smallest absolute Gasteiger partial charge is 0.123 e. The second-order valence-corrected chi connectivity index (χ2v) is 10.3. The van der Waals surface area contributed by atoms with Gasteiger partial charge in [0.1, 0.15) is 5.75 Å². The molecule has 3 heteroatoms. The van der Waals surface area contributed by atoms with Gasteiger partial charge in [-0.15, -0.1) is 0 Å². The molecule has 3 fully saturated rings. The predicted octanol–water partition coefficient (Wildman–Crippen LogP) is 6.90. The summed E-state index contributed by atoms with van der Waals surface area (Å²) in [5.74, 6) is 2.17. The number of fused-ring (bicyclic) bond motifs is 3. The van der Waals surface area contributed by atoms with Crippen LogP contribution in [-0.2, 0) is 6.54 Å². The van der Waals surface area contributed by atoms with Gasteiger partial charge in [-0.05, 0) is 60.3 Å². The fourth-order valence-electron chi connectivity index (χ4n) is 6.15. The number of methoxy groups -OCH3 is 1. The fourth-order valence-corrected chi connectivity index (χ4v) is 6.15. The lowest BCUT2D eigenvalue weighted by Crippen LogP contribution is -2.61. The lowest BCUT2D eigenvalue weighted by molar-refractivity contribution is -0.0502. The van der Waals surface area contributed by atoms with Gasteiger partial charge in [-0.25, -0.2) is 0 Å². The van der Waals surface area contributed by atoms with Crippen LogP contribution < -0.4 is 10.1 Å². The zero-order chi connectivity index (χ0) is 23.5. The number of hydrogen-bond acceptors (Lipinski definition) is 3. The van der Waals surface area contributed by atoms with Gasteiger partial charge in [0.25, 0.3) is 0 Å². The minimum absolute atomic E-state index is 0.261. The van der Waals surface area contributed by atoms with Crippen molar-refractivity contribution in [1.29, 1.82) is 0 Å². The molecular formula is C31H38N2O. The van der Waals surface area contributed by atoms with Gasteiger partial charge in [-0.2, -0.15) is 0 Å². The molecule has 2 aliphatic heterocycles. The second kappa shape index (κ2) is 10.3. The summed E-state index contributed by atoms with van der Waals surface area (Å²) in [6.45, 7) is 5.33. The van der Waals surface area contributed by atoms with Crippen LogP contribution in [0.4, 0.5) is 0 Å². The SMILES string of the molecule is COc1ccc(C(C)C)cc1CNC1C2CCC(CC2)N1C(c1ccccc1)c1ccccc1. The van der Waals surface area contributed by atoms with E-state index >= 15 is 0 Å². The van der Waals surface area contributed by atoms with Crippen molar-refractivity contribution in [1.82, 2.24) is 10.2 Å². The Morgan fingerprint density at radius 3 is 2.00 bits per heavy atom. The molecule has 1 atom stereocenters. The van der Waals surface area contributed by atoms with Crippen LogP contribution in [0, 0.1) is 5.92 Å². The van der Waals surface area contributed by atoms with Crippen LogP contribution >= 0.6 is 0 Å². The maximum absolute atomic E-state index is 5.74. The van der Waals surface area contributed by atoms with Crippen molar-refractivity contribution in [2.75, 3.05) is 7.11 Å². The topological polar surface area (TPSA) is 24.5 Å². The largest absolute Gasteiger partial charge is 0.496 e. The number of rotatable bonds is 8. The lowest BCUT2D eigenvalue weighted by atomic mass is 9.75. The molecule has 2 bridgehead atoms. The molecule has 3 aromatic rings. The van der Waals surface area contributed by atoms with E-state index in [1.807, 2.05) is 0 Å². The van der Waals surface area contributed by atoms with Gasteiger partial charge in [0, 0.05) is 18.2 Å². The quantitative estimate of drug-likeness (QED) is 0.401. The van der Waals surface area contributed by atoms with Gasteiger partial charge in [-0.3, -0.25) is 10.2 Å². The minimum Gasteiger partial charge on any atom is -0.496 e. The normalized spacial score (nSPS) is 22.4. The van der Waals surface area contributed by atoms with E-state index in [9.17, 15) is 0 Å². The van der Waals surface area contributed by atoms with Crippen LogP contribution in [0.2, 0.25) is 0 Å². The van der Waals surface area contributed by atoms with Gasteiger partial charge in [0.2, 0.25) is 0 Å². The number of hydrogen-bond donors (Lipinski definition) is 1. The number of ether oxygens (including phenoxy) is 1. The van der Waals surface area contributed by atoms with Gasteiger partial charge in [0.05, 0.1) is 19.3 Å². The van der Waals surface area contributed by atoms with Crippen molar-refractivity contribution in [3.8, 4) is 5.75 Å².